The molecule has 5 nitrogen and oxygen atoms in total. The molecule has 0 aromatic heterocycles. The first kappa shape index (κ1) is 18.6. The topological polar surface area (TPSA) is 78.4 Å². The molecule has 0 unspecified atom stereocenters. The number of rotatable bonds is 7. The molecule has 1 aromatic rings. The molecule has 24 heavy (non-hydrogen) atoms. The third-order valence-corrected chi connectivity index (χ3v) is 5.20. The van der Waals surface area contributed by atoms with E-state index in [1.165, 1.54) is 12.1 Å². The summed E-state index contributed by atoms with van der Waals surface area (Å²) in [6, 6.07) is 6.23. The minimum absolute atomic E-state index is 0.0641. The number of halogens is 1. The summed E-state index contributed by atoms with van der Waals surface area (Å²) < 4.78 is 12.8. The summed E-state index contributed by atoms with van der Waals surface area (Å²) in [6.07, 6.45) is 3.49. The molecule has 3 N–H and O–H groups in total. The molecule has 0 bridgehead atoms. The summed E-state index contributed by atoms with van der Waals surface area (Å²) in [5.74, 6) is -0.406. The molecule has 0 aliphatic heterocycles. The summed E-state index contributed by atoms with van der Waals surface area (Å²) >= 11 is 1.63. The first-order chi connectivity index (χ1) is 11.5. The third-order valence-electron chi connectivity index (χ3n) is 4.10. The second kappa shape index (κ2) is 9.52. The molecule has 0 atom stereocenters. The average Bonchev–Trinajstić information content (AvgIpc) is 2.56. The van der Waals surface area contributed by atoms with Crippen molar-refractivity contribution in [3.05, 3.63) is 30.1 Å². The van der Waals surface area contributed by atoms with Gasteiger partial charge in [0, 0.05) is 17.5 Å². The van der Waals surface area contributed by atoms with Gasteiger partial charge in [-0.15, -0.1) is 11.8 Å². The third kappa shape index (κ3) is 6.39. The Morgan fingerprint density at radius 1 is 1.17 bits per heavy atom. The van der Waals surface area contributed by atoms with Gasteiger partial charge in [0.2, 0.25) is 0 Å². The van der Waals surface area contributed by atoms with Crippen LogP contribution in [0.25, 0.3) is 0 Å². The Balaban J connectivity index is 1.54. The van der Waals surface area contributed by atoms with E-state index in [4.69, 9.17) is 5.11 Å². The SMILES string of the molecule is O=C(NCCCSc1ccc(F)cc1)NC1CCC(C(=O)O)CC1. The van der Waals surface area contributed by atoms with E-state index < -0.39 is 5.97 Å². The number of carbonyl (C=O) groups is 2. The van der Waals surface area contributed by atoms with Crippen molar-refractivity contribution in [2.45, 2.75) is 43.0 Å². The maximum absolute atomic E-state index is 12.8. The minimum atomic E-state index is -0.739. The fourth-order valence-corrected chi connectivity index (χ4v) is 3.57. The lowest BCUT2D eigenvalue weighted by molar-refractivity contribution is -0.142. The number of hydrogen-bond acceptors (Lipinski definition) is 3. The number of carbonyl (C=O) groups excluding carboxylic acids is 1. The van der Waals surface area contributed by atoms with Crippen LogP contribution in [0.4, 0.5) is 9.18 Å². The van der Waals surface area contributed by atoms with E-state index >= 15 is 0 Å². The van der Waals surface area contributed by atoms with Crippen molar-refractivity contribution in [1.29, 1.82) is 0 Å². The molecule has 1 aliphatic rings. The van der Waals surface area contributed by atoms with E-state index in [2.05, 4.69) is 10.6 Å². The minimum Gasteiger partial charge on any atom is -0.481 e. The lowest BCUT2D eigenvalue weighted by atomic mass is 9.86. The molecule has 1 aromatic carbocycles. The van der Waals surface area contributed by atoms with E-state index in [9.17, 15) is 14.0 Å². The molecule has 1 saturated carbocycles. The van der Waals surface area contributed by atoms with Gasteiger partial charge in [-0.3, -0.25) is 4.79 Å². The second-order valence-corrected chi connectivity index (χ2v) is 7.11. The van der Waals surface area contributed by atoms with E-state index in [1.54, 1.807) is 23.9 Å². The summed E-state index contributed by atoms with van der Waals surface area (Å²) in [5, 5.41) is 14.7. The number of benzene rings is 1. The van der Waals surface area contributed by atoms with Gasteiger partial charge < -0.3 is 15.7 Å². The van der Waals surface area contributed by atoms with Crippen LogP contribution in [0.2, 0.25) is 0 Å². The summed E-state index contributed by atoms with van der Waals surface area (Å²) in [5.41, 5.74) is 0. The van der Waals surface area contributed by atoms with E-state index in [1.807, 2.05) is 0 Å². The van der Waals surface area contributed by atoms with Crippen LogP contribution in [0.15, 0.2) is 29.2 Å². The molecular weight excluding hydrogens is 331 g/mol. The van der Waals surface area contributed by atoms with Crippen molar-refractivity contribution in [2.24, 2.45) is 5.92 Å². The number of hydrogen-bond donors (Lipinski definition) is 3. The molecular formula is C17H23FN2O3S. The Morgan fingerprint density at radius 3 is 2.46 bits per heavy atom. The molecule has 0 heterocycles. The van der Waals surface area contributed by atoms with Crippen LogP contribution in [-0.4, -0.2) is 35.4 Å². The van der Waals surface area contributed by atoms with E-state index in [-0.39, 0.29) is 23.8 Å². The fourth-order valence-electron chi connectivity index (χ4n) is 2.72. The number of amides is 2. The van der Waals surface area contributed by atoms with Gasteiger partial charge in [0.15, 0.2) is 0 Å². The number of aliphatic carboxylic acids is 1. The average molecular weight is 354 g/mol. The van der Waals surface area contributed by atoms with Crippen LogP contribution in [0, 0.1) is 11.7 Å². The molecule has 2 amide bonds. The maximum Gasteiger partial charge on any atom is 0.315 e. The van der Waals surface area contributed by atoms with Crippen LogP contribution in [-0.2, 0) is 4.79 Å². The van der Waals surface area contributed by atoms with Gasteiger partial charge >= 0.3 is 12.0 Å². The lowest BCUT2D eigenvalue weighted by Crippen LogP contribution is -2.44. The predicted molar refractivity (Wildman–Crippen MR) is 91.7 cm³/mol. The number of thioether (sulfide) groups is 1. The molecule has 0 saturated heterocycles. The zero-order valence-corrected chi connectivity index (χ0v) is 14.3. The van der Waals surface area contributed by atoms with Crippen molar-refractivity contribution < 1.29 is 19.1 Å². The highest BCUT2D eigenvalue weighted by Gasteiger charge is 2.26. The monoisotopic (exact) mass is 354 g/mol. The van der Waals surface area contributed by atoms with Crippen LogP contribution >= 0.6 is 11.8 Å². The first-order valence-electron chi connectivity index (χ1n) is 8.20. The Hall–Kier alpha value is -1.76. The Kier molecular flexibility index (Phi) is 7.36. The highest BCUT2D eigenvalue weighted by molar-refractivity contribution is 7.99. The van der Waals surface area contributed by atoms with E-state index in [0.29, 0.717) is 32.2 Å². The van der Waals surface area contributed by atoms with Crippen LogP contribution in [0.1, 0.15) is 32.1 Å². The standard InChI is InChI=1S/C17H23FN2O3S/c18-13-4-8-15(9-5-13)24-11-1-10-19-17(23)20-14-6-2-12(3-7-14)16(21)22/h4-5,8-9,12,14H,1-3,6-7,10-11H2,(H,21,22)(H2,19,20,23). The molecule has 132 valence electrons. The first-order valence-corrected chi connectivity index (χ1v) is 9.18. The normalized spacial score (nSPS) is 20.4. The highest BCUT2D eigenvalue weighted by atomic mass is 32.2. The van der Waals surface area contributed by atoms with Crippen molar-refractivity contribution in [3.8, 4) is 0 Å². The molecule has 7 heteroatoms. The van der Waals surface area contributed by atoms with Gasteiger partial charge in [0.1, 0.15) is 5.82 Å². The van der Waals surface area contributed by atoms with Crippen LogP contribution < -0.4 is 10.6 Å². The van der Waals surface area contributed by atoms with Crippen molar-refractivity contribution >= 4 is 23.8 Å². The number of carboxylic acids is 1. The van der Waals surface area contributed by atoms with Gasteiger partial charge in [-0.05, 0) is 62.1 Å². The fraction of sp³-hybridized carbons (Fsp3) is 0.529. The van der Waals surface area contributed by atoms with Gasteiger partial charge in [-0.2, -0.15) is 0 Å². The van der Waals surface area contributed by atoms with Gasteiger partial charge in [-0.25, -0.2) is 9.18 Å². The molecule has 0 spiro atoms. The molecule has 2 rings (SSSR count). The van der Waals surface area contributed by atoms with E-state index in [0.717, 1.165) is 17.1 Å². The van der Waals surface area contributed by atoms with Gasteiger partial charge in [-0.1, -0.05) is 0 Å². The number of carboxylic acid groups (broad SMARTS) is 1. The highest BCUT2D eigenvalue weighted by Crippen LogP contribution is 2.24. The zero-order valence-electron chi connectivity index (χ0n) is 13.5. The maximum atomic E-state index is 12.8. The van der Waals surface area contributed by atoms with Crippen molar-refractivity contribution in [1.82, 2.24) is 10.6 Å². The van der Waals surface area contributed by atoms with Crippen LogP contribution in [0.5, 0.6) is 0 Å². The van der Waals surface area contributed by atoms with Gasteiger partial charge in [0.05, 0.1) is 5.92 Å². The van der Waals surface area contributed by atoms with Crippen LogP contribution in [0.3, 0.4) is 0 Å². The molecule has 1 fully saturated rings. The Morgan fingerprint density at radius 2 is 1.83 bits per heavy atom. The summed E-state index contributed by atoms with van der Waals surface area (Å²) in [6.45, 7) is 0.574. The Bertz CT molecular complexity index is 545. The molecule has 0 radical (unpaired) electrons. The summed E-state index contributed by atoms with van der Waals surface area (Å²) in [4.78, 5) is 23.7. The second-order valence-electron chi connectivity index (χ2n) is 5.94. The zero-order chi connectivity index (χ0) is 17.4. The largest absolute Gasteiger partial charge is 0.481 e. The van der Waals surface area contributed by atoms with Crippen molar-refractivity contribution in [2.75, 3.05) is 12.3 Å². The molecule has 1 aliphatic carbocycles. The lowest BCUT2D eigenvalue weighted by Gasteiger charge is -2.26. The summed E-state index contributed by atoms with van der Waals surface area (Å²) in [7, 11) is 0. The predicted octanol–water partition coefficient (Wildman–Crippen LogP) is 3.25. The number of urea groups is 1. The number of nitrogens with one attached hydrogen (secondary N) is 2. The van der Waals surface area contributed by atoms with Gasteiger partial charge in [0.25, 0.3) is 0 Å². The smallest absolute Gasteiger partial charge is 0.315 e. The quantitative estimate of drug-likeness (QED) is 0.519. The van der Waals surface area contributed by atoms with Crippen molar-refractivity contribution in [3.63, 3.8) is 0 Å². The Labute approximate surface area is 145 Å².